The number of nitrogens with zero attached hydrogens (tertiary/aromatic N) is 1. The normalized spacial score (nSPS) is 52.2. The molecule has 1 saturated heterocycles. The number of likely N-dealkylation sites (tertiary alicyclic amines) is 1. The minimum atomic E-state index is -0.0380. The summed E-state index contributed by atoms with van der Waals surface area (Å²) in [4.78, 5) is 2.42. The standard InChI is InChI=1S/C11H21NO/c1-7-5-12(3)6-10-8(2)11(13)4-9(7)10/h7-11,13H,4-6H2,1-3H3/t7-,8-,9-,10-,11-/m1/s1. The molecule has 2 nitrogen and oxygen atoms in total. The van der Waals surface area contributed by atoms with Crippen LogP contribution in [0.25, 0.3) is 0 Å². The molecule has 2 aliphatic rings. The van der Waals surface area contributed by atoms with Gasteiger partial charge in [0.15, 0.2) is 0 Å². The summed E-state index contributed by atoms with van der Waals surface area (Å²) in [5, 5.41) is 9.81. The van der Waals surface area contributed by atoms with Gasteiger partial charge < -0.3 is 10.0 Å². The fourth-order valence-electron chi connectivity index (χ4n) is 3.36. The molecule has 0 aromatic carbocycles. The zero-order valence-electron chi connectivity index (χ0n) is 8.90. The molecule has 1 heterocycles. The molecule has 2 heteroatoms. The number of aliphatic hydroxyl groups is 1. The first-order chi connectivity index (χ1) is 6.09. The van der Waals surface area contributed by atoms with Crippen molar-refractivity contribution in [1.82, 2.24) is 4.90 Å². The second-order valence-electron chi connectivity index (χ2n) is 5.19. The van der Waals surface area contributed by atoms with Gasteiger partial charge in [-0.05, 0) is 37.1 Å². The molecular weight excluding hydrogens is 162 g/mol. The molecule has 0 unspecified atom stereocenters. The van der Waals surface area contributed by atoms with Crippen LogP contribution in [0.1, 0.15) is 20.3 Å². The molecule has 5 atom stereocenters. The van der Waals surface area contributed by atoms with E-state index in [1.807, 2.05) is 0 Å². The van der Waals surface area contributed by atoms with Crippen molar-refractivity contribution in [2.45, 2.75) is 26.4 Å². The smallest absolute Gasteiger partial charge is 0.0571 e. The van der Waals surface area contributed by atoms with Gasteiger partial charge in [-0.25, -0.2) is 0 Å². The Bertz CT molecular complexity index is 195. The third kappa shape index (κ3) is 1.50. The molecule has 0 amide bonds. The van der Waals surface area contributed by atoms with Crippen LogP contribution in [0.3, 0.4) is 0 Å². The molecule has 76 valence electrons. The van der Waals surface area contributed by atoms with Gasteiger partial charge in [0.25, 0.3) is 0 Å². The summed E-state index contributed by atoms with van der Waals surface area (Å²) >= 11 is 0. The maximum Gasteiger partial charge on any atom is 0.0571 e. The van der Waals surface area contributed by atoms with Gasteiger partial charge in [0.1, 0.15) is 0 Å². The first-order valence-corrected chi connectivity index (χ1v) is 5.46. The second kappa shape index (κ2) is 3.25. The fourth-order valence-corrected chi connectivity index (χ4v) is 3.36. The maximum atomic E-state index is 9.81. The van der Waals surface area contributed by atoms with Crippen molar-refractivity contribution in [3.8, 4) is 0 Å². The van der Waals surface area contributed by atoms with Gasteiger partial charge >= 0.3 is 0 Å². The van der Waals surface area contributed by atoms with Crippen molar-refractivity contribution in [3.05, 3.63) is 0 Å². The zero-order chi connectivity index (χ0) is 9.59. The van der Waals surface area contributed by atoms with Crippen LogP contribution >= 0.6 is 0 Å². The highest BCUT2D eigenvalue weighted by Gasteiger charge is 2.44. The maximum absolute atomic E-state index is 9.81. The number of hydrogen-bond acceptors (Lipinski definition) is 2. The van der Waals surface area contributed by atoms with E-state index in [1.165, 1.54) is 13.1 Å². The highest BCUT2D eigenvalue weighted by molar-refractivity contribution is 4.95. The average molecular weight is 183 g/mol. The first kappa shape index (κ1) is 9.47. The van der Waals surface area contributed by atoms with Crippen LogP contribution < -0.4 is 0 Å². The second-order valence-corrected chi connectivity index (χ2v) is 5.19. The molecular formula is C11H21NO. The predicted molar refractivity (Wildman–Crippen MR) is 53.4 cm³/mol. The number of fused-ring (bicyclic) bond motifs is 1. The van der Waals surface area contributed by atoms with Crippen molar-refractivity contribution in [2.75, 3.05) is 20.1 Å². The van der Waals surface area contributed by atoms with E-state index in [2.05, 4.69) is 25.8 Å². The summed E-state index contributed by atoms with van der Waals surface area (Å²) in [6.07, 6.45) is 1.00. The lowest BCUT2D eigenvalue weighted by Gasteiger charge is -2.38. The molecule has 0 radical (unpaired) electrons. The molecule has 1 aliphatic carbocycles. The monoisotopic (exact) mass is 183 g/mol. The van der Waals surface area contributed by atoms with Crippen LogP contribution in [0.4, 0.5) is 0 Å². The minimum Gasteiger partial charge on any atom is -0.393 e. The number of rotatable bonds is 0. The summed E-state index contributed by atoms with van der Waals surface area (Å²) < 4.78 is 0. The van der Waals surface area contributed by atoms with Crippen LogP contribution in [-0.2, 0) is 0 Å². The summed E-state index contributed by atoms with van der Waals surface area (Å²) in [5.41, 5.74) is 0. The first-order valence-electron chi connectivity index (χ1n) is 5.46. The number of hydrogen-bond donors (Lipinski definition) is 1. The number of aliphatic hydroxyl groups excluding tert-OH is 1. The molecule has 1 saturated carbocycles. The zero-order valence-corrected chi connectivity index (χ0v) is 8.90. The predicted octanol–water partition coefficient (Wildman–Crippen LogP) is 1.20. The average Bonchev–Trinajstić information content (AvgIpc) is 2.32. The largest absolute Gasteiger partial charge is 0.393 e. The Morgan fingerprint density at radius 3 is 2.54 bits per heavy atom. The van der Waals surface area contributed by atoms with Crippen LogP contribution in [0.5, 0.6) is 0 Å². The van der Waals surface area contributed by atoms with Crippen LogP contribution in [0, 0.1) is 23.7 Å². The lowest BCUT2D eigenvalue weighted by atomic mass is 9.79. The molecule has 1 N–H and O–H groups in total. The van der Waals surface area contributed by atoms with Crippen LogP contribution in [0.15, 0.2) is 0 Å². The SMILES string of the molecule is C[C@@H]1[C@H]2CN(C)C[C@@H](C)[C@H]2C[C@H]1O. The van der Waals surface area contributed by atoms with Crippen molar-refractivity contribution >= 4 is 0 Å². The Labute approximate surface area is 80.9 Å². The summed E-state index contributed by atoms with van der Waals surface area (Å²) in [5.74, 6) is 2.79. The van der Waals surface area contributed by atoms with E-state index in [-0.39, 0.29) is 6.10 Å². The Morgan fingerprint density at radius 1 is 1.15 bits per heavy atom. The van der Waals surface area contributed by atoms with Gasteiger partial charge in [-0.3, -0.25) is 0 Å². The lowest BCUT2D eigenvalue weighted by molar-refractivity contribution is 0.0850. The topological polar surface area (TPSA) is 23.5 Å². The Hall–Kier alpha value is -0.0800. The quantitative estimate of drug-likeness (QED) is 0.610. The van der Waals surface area contributed by atoms with Crippen LogP contribution in [-0.4, -0.2) is 36.2 Å². The molecule has 0 bridgehead atoms. The summed E-state index contributed by atoms with van der Waals surface area (Å²) in [6, 6.07) is 0. The third-order valence-electron chi connectivity index (χ3n) is 4.20. The molecule has 1 aliphatic heterocycles. The van der Waals surface area contributed by atoms with E-state index in [0.717, 1.165) is 24.2 Å². The molecule has 2 fully saturated rings. The van der Waals surface area contributed by atoms with E-state index in [1.54, 1.807) is 0 Å². The highest BCUT2D eigenvalue weighted by Crippen LogP contribution is 2.44. The van der Waals surface area contributed by atoms with Crippen molar-refractivity contribution < 1.29 is 5.11 Å². The van der Waals surface area contributed by atoms with E-state index >= 15 is 0 Å². The van der Waals surface area contributed by atoms with E-state index in [9.17, 15) is 5.11 Å². The van der Waals surface area contributed by atoms with Crippen molar-refractivity contribution in [3.63, 3.8) is 0 Å². The van der Waals surface area contributed by atoms with Gasteiger partial charge in [-0.1, -0.05) is 13.8 Å². The minimum absolute atomic E-state index is 0.0380. The van der Waals surface area contributed by atoms with Crippen molar-refractivity contribution in [2.24, 2.45) is 23.7 Å². The van der Waals surface area contributed by atoms with E-state index < -0.39 is 0 Å². The Kier molecular flexibility index (Phi) is 2.37. The van der Waals surface area contributed by atoms with E-state index in [0.29, 0.717) is 5.92 Å². The molecule has 13 heavy (non-hydrogen) atoms. The van der Waals surface area contributed by atoms with E-state index in [4.69, 9.17) is 0 Å². The van der Waals surface area contributed by atoms with Gasteiger partial charge in [-0.2, -0.15) is 0 Å². The molecule has 0 spiro atoms. The van der Waals surface area contributed by atoms with Gasteiger partial charge in [-0.15, -0.1) is 0 Å². The highest BCUT2D eigenvalue weighted by atomic mass is 16.3. The summed E-state index contributed by atoms with van der Waals surface area (Å²) in [7, 11) is 2.20. The van der Waals surface area contributed by atoms with Gasteiger partial charge in [0, 0.05) is 13.1 Å². The lowest BCUT2D eigenvalue weighted by Crippen LogP contribution is -2.42. The van der Waals surface area contributed by atoms with Gasteiger partial charge in [0.2, 0.25) is 0 Å². The number of piperidine rings is 1. The molecule has 0 aromatic heterocycles. The van der Waals surface area contributed by atoms with Crippen LogP contribution in [0.2, 0.25) is 0 Å². The molecule has 0 aromatic rings. The fraction of sp³-hybridized carbons (Fsp3) is 1.00. The van der Waals surface area contributed by atoms with Crippen molar-refractivity contribution in [1.29, 1.82) is 0 Å². The molecule has 2 rings (SSSR count). The van der Waals surface area contributed by atoms with Gasteiger partial charge in [0.05, 0.1) is 6.10 Å². The Morgan fingerprint density at radius 2 is 1.85 bits per heavy atom. The summed E-state index contributed by atoms with van der Waals surface area (Å²) in [6.45, 7) is 6.94. The third-order valence-corrected chi connectivity index (χ3v) is 4.20. The Balaban J connectivity index is 2.12.